The number of carbonyl (C=O) groups is 1. The van der Waals surface area contributed by atoms with Gasteiger partial charge in [0.15, 0.2) is 0 Å². The molecule has 4 heteroatoms. The fourth-order valence-electron chi connectivity index (χ4n) is 1.59. The monoisotopic (exact) mass is 245 g/mol. The summed E-state index contributed by atoms with van der Waals surface area (Å²) in [5, 5.41) is 11.3. The van der Waals surface area contributed by atoms with Crippen LogP contribution in [0.2, 0.25) is 0 Å². The molecule has 3 N–H and O–H groups in total. The zero-order chi connectivity index (χ0) is 13.4. The van der Waals surface area contributed by atoms with E-state index in [4.69, 9.17) is 11.0 Å². The number of hydrogen-bond donors (Lipinski definition) is 2. The minimum Gasteiger partial charge on any atom is -0.325 e. The maximum absolute atomic E-state index is 11.7. The number of rotatable bonds is 6. The number of nitrogens with two attached hydrogens (primary N) is 1. The van der Waals surface area contributed by atoms with Crippen molar-refractivity contribution in [3.8, 4) is 6.07 Å². The third-order valence-electron chi connectivity index (χ3n) is 2.71. The van der Waals surface area contributed by atoms with Crippen molar-refractivity contribution in [1.82, 2.24) is 0 Å². The first-order chi connectivity index (χ1) is 8.67. The molecule has 0 aromatic heterocycles. The number of unbranched alkanes of at least 4 members (excludes halogenated alkanes) is 1. The van der Waals surface area contributed by atoms with Gasteiger partial charge in [-0.25, -0.2) is 0 Å². The Morgan fingerprint density at radius 3 is 2.67 bits per heavy atom. The minimum atomic E-state index is -0.455. The summed E-state index contributed by atoms with van der Waals surface area (Å²) in [5.41, 5.74) is 7.43. The van der Waals surface area contributed by atoms with Crippen LogP contribution in [-0.2, 0) is 11.2 Å². The van der Waals surface area contributed by atoms with Crippen LogP contribution in [-0.4, -0.2) is 11.9 Å². The molecule has 4 nitrogen and oxygen atoms in total. The van der Waals surface area contributed by atoms with Gasteiger partial charge in [0, 0.05) is 5.69 Å². The van der Waals surface area contributed by atoms with E-state index < -0.39 is 6.04 Å². The molecule has 1 aromatic carbocycles. The molecule has 1 rings (SSSR count). The van der Waals surface area contributed by atoms with E-state index in [2.05, 4.69) is 18.3 Å². The molecule has 0 aliphatic heterocycles. The summed E-state index contributed by atoms with van der Waals surface area (Å²) in [4.78, 5) is 11.7. The summed E-state index contributed by atoms with van der Waals surface area (Å²) in [6, 6.07) is 8.86. The Morgan fingerprint density at radius 1 is 1.44 bits per heavy atom. The largest absolute Gasteiger partial charge is 0.325 e. The van der Waals surface area contributed by atoms with Crippen LogP contribution in [0.3, 0.4) is 0 Å². The van der Waals surface area contributed by atoms with Gasteiger partial charge in [0.1, 0.15) is 0 Å². The lowest BCUT2D eigenvalue weighted by Gasteiger charge is -2.11. The van der Waals surface area contributed by atoms with E-state index in [1.54, 1.807) is 12.1 Å². The Labute approximate surface area is 108 Å². The van der Waals surface area contributed by atoms with E-state index >= 15 is 0 Å². The van der Waals surface area contributed by atoms with Crippen LogP contribution in [0.5, 0.6) is 0 Å². The highest BCUT2D eigenvalue weighted by Gasteiger charge is 2.12. The van der Waals surface area contributed by atoms with Crippen molar-refractivity contribution in [3.05, 3.63) is 29.8 Å². The van der Waals surface area contributed by atoms with Gasteiger partial charge in [-0.3, -0.25) is 4.79 Å². The molecule has 0 fully saturated rings. The first kappa shape index (κ1) is 14.2. The summed E-state index contributed by atoms with van der Waals surface area (Å²) < 4.78 is 0. The van der Waals surface area contributed by atoms with Crippen LogP contribution in [0.25, 0.3) is 0 Å². The molecule has 0 bridgehead atoms. The Balaban J connectivity index is 2.51. The van der Waals surface area contributed by atoms with Crippen LogP contribution in [0.15, 0.2) is 24.3 Å². The van der Waals surface area contributed by atoms with Gasteiger partial charge in [-0.2, -0.15) is 5.26 Å². The maximum Gasteiger partial charge on any atom is 0.241 e. The summed E-state index contributed by atoms with van der Waals surface area (Å²) in [5.74, 6) is -0.156. The molecule has 1 amide bonds. The zero-order valence-corrected chi connectivity index (χ0v) is 10.6. The fourth-order valence-corrected chi connectivity index (χ4v) is 1.59. The van der Waals surface area contributed by atoms with Gasteiger partial charge in [-0.05, 0) is 24.1 Å². The normalized spacial score (nSPS) is 11.6. The van der Waals surface area contributed by atoms with Gasteiger partial charge >= 0.3 is 0 Å². The molecule has 0 saturated carbocycles. The van der Waals surface area contributed by atoms with Crippen LogP contribution in [0.1, 0.15) is 31.7 Å². The number of anilines is 1. The number of nitrogens with zero attached hydrogens (tertiary/aromatic N) is 1. The highest BCUT2D eigenvalue weighted by molar-refractivity contribution is 5.94. The molecule has 1 aromatic rings. The molecular weight excluding hydrogens is 226 g/mol. The second-order valence-electron chi connectivity index (χ2n) is 4.27. The number of carbonyl (C=O) groups excluding carboxylic acids is 1. The van der Waals surface area contributed by atoms with E-state index in [1.165, 1.54) is 0 Å². The lowest BCUT2D eigenvalue weighted by atomic mass is 10.1. The van der Waals surface area contributed by atoms with Crippen molar-refractivity contribution < 1.29 is 4.79 Å². The highest BCUT2D eigenvalue weighted by atomic mass is 16.2. The third kappa shape index (κ3) is 4.56. The van der Waals surface area contributed by atoms with Crippen LogP contribution < -0.4 is 11.1 Å². The summed E-state index contributed by atoms with van der Waals surface area (Å²) >= 11 is 0. The average Bonchev–Trinajstić information content (AvgIpc) is 2.38. The van der Waals surface area contributed by atoms with Gasteiger partial charge < -0.3 is 11.1 Å². The number of hydrogen-bond acceptors (Lipinski definition) is 3. The van der Waals surface area contributed by atoms with Gasteiger partial charge in [-0.15, -0.1) is 0 Å². The Bertz CT molecular complexity index is 420. The Morgan fingerprint density at radius 2 is 2.11 bits per heavy atom. The van der Waals surface area contributed by atoms with Crippen molar-refractivity contribution in [2.24, 2.45) is 5.73 Å². The predicted octanol–water partition coefficient (Wildman–Crippen LogP) is 2.21. The molecule has 0 radical (unpaired) electrons. The van der Waals surface area contributed by atoms with Gasteiger partial charge in [0.05, 0.1) is 18.5 Å². The molecule has 0 aliphatic carbocycles. The maximum atomic E-state index is 11.7. The topological polar surface area (TPSA) is 78.9 Å². The Hall–Kier alpha value is -1.86. The molecule has 0 heterocycles. The molecule has 96 valence electrons. The Kier molecular flexibility index (Phi) is 5.89. The molecule has 0 aliphatic rings. The lowest BCUT2D eigenvalue weighted by Crippen LogP contribution is -2.35. The van der Waals surface area contributed by atoms with Crippen LogP contribution >= 0.6 is 0 Å². The van der Waals surface area contributed by atoms with Crippen molar-refractivity contribution in [3.63, 3.8) is 0 Å². The average molecular weight is 245 g/mol. The standard InChI is InChI=1S/C14H19N3O/c1-2-3-4-13(16)14(18)17-12-7-5-11(6-8-12)9-10-15/h5-8,13H,2-4,9,16H2,1H3,(H,17,18)/t13-/m0/s1. The van der Waals surface area contributed by atoms with Crippen molar-refractivity contribution in [2.75, 3.05) is 5.32 Å². The highest BCUT2D eigenvalue weighted by Crippen LogP contribution is 2.11. The zero-order valence-electron chi connectivity index (χ0n) is 10.6. The van der Waals surface area contributed by atoms with Crippen molar-refractivity contribution >= 4 is 11.6 Å². The smallest absolute Gasteiger partial charge is 0.241 e. The summed E-state index contributed by atoms with van der Waals surface area (Å²) in [6.07, 6.45) is 3.07. The number of benzene rings is 1. The van der Waals surface area contributed by atoms with Crippen molar-refractivity contribution in [1.29, 1.82) is 5.26 Å². The minimum absolute atomic E-state index is 0.156. The predicted molar refractivity (Wildman–Crippen MR) is 71.9 cm³/mol. The quantitative estimate of drug-likeness (QED) is 0.806. The van der Waals surface area contributed by atoms with Crippen molar-refractivity contribution in [2.45, 2.75) is 38.6 Å². The summed E-state index contributed by atoms with van der Waals surface area (Å²) in [7, 11) is 0. The van der Waals surface area contributed by atoms with Gasteiger partial charge in [0.25, 0.3) is 0 Å². The second-order valence-corrected chi connectivity index (χ2v) is 4.27. The van der Waals surface area contributed by atoms with Gasteiger partial charge in [-0.1, -0.05) is 31.9 Å². The van der Waals surface area contributed by atoms with E-state index in [0.717, 1.165) is 18.4 Å². The van der Waals surface area contributed by atoms with E-state index in [9.17, 15) is 4.79 Å². The molecule has 18 heavy (non-hydrogen) atoms. The SMILES string of the molecule is CCCC[C@H](N)C(=O)Nc1ccc(CC#N)cc1. The van der Waals surface area contributed by atoms with Crippen LogP contribution in [0.4, 0.5) is 5.69 Å². The third-order valence-corrected chi connectivity index (χ3v) is 2.71. The number of nitriles is 1. The van der Waals surface area contributed by atoms with E-state index in [1.807, 2.05) is 12.1 Å². The fraction of sp³-hybridized carbons (Fsp3) is 0.429. The first-order valence-electron chi connectivity index (χ1n) is 6.19. The molecule has 0 spiro atoms. The van der Waals surface area contributed by atoms with Gasteiger partial charge in [0.2, 0.25) is 5.91 Å². The first-order valence-corrected chi connectivity index (χ1v) is 6.19. The molecule has 0 unspecified atom stereocenters. The molecule has 0 saturated heterocycles. The second kappa shape index (κ2) is 7.46. The van der Waals surface area contributed by atoms with E-state index in [-0.39, 0.29) is 5.91 Å². The van der Waals surface area contributed by atoms with Crippen LogP contribution in [0, 0.1) is 11.3 Å². The number of nitrogens with one attached hydrogen (secondary N) is 1. The summed E-state index contributed by atoms with van der Waals surface area (Å²) in [6.45, 7) is 2.07. The van der Waals surface area contributed by atoms with E-state index in [0.29, 0.717) is 18.5 Å². The molecular formula is C14H19N3O. The number of amides is 1. The molecule has 1 atom stereocenters. The lowest BCUT2D eigenvalue weighted by molar-refractivity contribution is -0.117.